The van der Waals surface area contributed by atoms with Crippen LogP contribution in [-0.2, 0) is 50.7 Å². The molecule has 0 aliphatic carbocycles. The number of anilines is 1. The van der Waals surface area contributed by atoms with Crippen molar-refractivity contribution < 1.29 is 80.5 Å². The third-order valence-electron chi connectivity index (χ3n) is 8.25. The number of nitrogen functional groups attached to an aromatic ring is 1. The Morgan fingerprint density at radius 3 is 2.34 bits per heavy atom. The Bertz CT molecular complexity index is 1820. The predicted molar refractivity (Wildman–Crippen MR) is 206 cm³/mol. The van der Waals surface area contributed by atoms with Crippen molar-refractivity contribution in [3.05, 3.63) is 12.7 Å². The number of nitrogens with one attached hydrogen (secondary N) is 2. The number of nitrogens with zero attached hydrogens (tertiary/aromatic N) is 4. The average molecular weight is 917 g/mol. The predicted octanol–water partition coefficient (Wildman–Crippen LogP) is 0.644. The molecule has 0 aromatic carbocycles. The molecule has 0 spiro atoms. The molecule has 29 heteroatoms. The molecule has 1 fully saturated rings. The first kappa shape index (κ1) is 52.7. The van der Waals surface area contributed by atoms with E-state index in [4.69, 9.17) is 19.5 Å². The standard InChI is InChI=1S/C29H50N7O17P3S.Na/c1-4-5-6-7-8-9-20(38)57-13-12-31-19(37)10-11-32-27(41)24(40)29(2,3)15-50-56(47,48)53-55(45,46)49-14-18-23(52-54(42,43)44)22(39)28(51-18)36-17-35-21-25(30)33-16-34-26(21)36;/h16-18,22-24,28,39-40H,4-15H2,1-3H3,(H,31,37)(H,32,41)(H,45,46)(H,47,48)(H2,30,33,34)(H2,42,43,44);/t18-,22-,23-,24+,28-;/m1./s1. The van der Waals surface area contributed by atoms with Crippen molar-refractivity contribution in [1.29, 1.82) is 0 Å². The number of nitrogens with two attached hydrogens (primary N) is 1. The van der Waals surface area contributed by atoms with Gasteiger partial charge in [-0.05, 0) is 6.42 Å². The maximum absolute atomic E-state index is 12.7. The third-order valence-corrected chi connectivity index (χ3v) is 12.3. The van der Waals surface area contributed by atoms with Crippen molar-refractivity contribution in [3.63, 3.8) is 0 Å². The van der Waals surface area contributed by atoms with Crippen LogP contribution in [0.2, 0.25) is 0 Å². The summed E-state index contributed by atoms with van der Waals surface area (Å²) in [5, 5.41) is 26.5. The molecule has 1 radical (unpaired) electrons. The number of phosphoric ester groups is 3. The summed E-state index contributed by atoms with van der Waals surface area (Å²) in [6, 6.07) is 0. The van der Waals surface area contributed by atoms with Crippen LogP contribution in [-0.4, -0.2) is 152 Å². The number of aromatic nitrogens is 4. The van der Waals surface area contributed by atoms with Gasteiger partial charge in [-0.1, -0.05) is 58.2 Å². The number of hydrogen-bond donors (Lipinski definition) is 9. The van der Waals surface area contributed by atoms with Crippen LogP contribution in [0.1, 0.15) is 71.9 Å². The summed E-state index contributed by atoms with van der Waals surface area (Å²) in [6.45, 7) is 2.67. The molecule has 1 aliphatic heterocycles. The normalized spacial score (nSPS) is 21.1. The van der Waals surface area contributed by atoms with Gasteiger partial charge in [-0.25, -0.2) is 28.6 Å². The van der Waals surface area contributed by atoms with Gasteiger partial charge in [0.1, 0.15) is 36.3 Å². The second-order valence-corrected chi connectivity index (χ2v) is 18.8. The van der Waals surface area contributed by atoms with Gasteiger partial charge >= 0.3 is 23.5 Å². The summed E-state index contributed by atoms with van der Waals surface area (Å²) >= 11 is 1.13. The number of phosphoric acid groups is 3. The van der Waals surface area contributed by atoms with Crippen LogP contribution in [0, 0.1) is 5.41 Å². The maximum atomic E-state index is 12.7. The number of hydrogen-bond acceptors (Lipinski definition) is 18. The fourth-order valence-corrected chi connectivity index (χ4v) is 8.79. The quantitative estimate of drug-likeness (QED) is 0.0375. The van der Waals surface area contributed by atoms with Gasteiger partial charge < -0.3 is 50.9 Å². The molecule has 10 N–H and O–H groups in total. The summed E-state index contributed by atoms with van der Waals surface area (Å²) in [5.41, 5.74) is 4.27. The van der Waals surface area contributed by atoms with Gasteiger partial charge in [0.15, 0.2) is 22.8 Å². The Kier molecular flexibility index (Phi) is 21.5. The Morgan fingerprint density at radius 1 is 1.00 bits per heavy atom. The zero-order valence-electron chi connectivity index (χ0n) is 32.3. The summed E-state index contributed by atoms with van der Waals surface area (Å²) in [4.78, 5) is 87.6. The van der Waals surface area contributed by atoms with E-state index in [0.717, 1.165) is 61.1 Å². The minimum atomic E-state index is -5.57. The van der Waals surface area contributed by atoms with Crippen LogP contribution < -0.4 is 16.4 Å². The van der Waals surface area contributed by atoms with E-state index in [2.05, 4.69) is 41.3 Å². The molecule has 3 rings (SSSR count). The van der Waals surface area contributed by atoms with E-state index in [9.17, 15) is 57.9 Å². The van der Waals surface area contributed by atoms with Gasteiger partial charge in [-0.2, -0.15) is 4.31 Å². The van der Waals surface area contributed by atoms with E-state index >= 15 is 0 Å². The van der Waals surface area contributed by atoms with Crippen molar-refractivity contribution in [2.45, 2.75) is 96.4 Å². The number of imidazole rings is 1. The number of aliphatic hydroxyl groups is 2. The molecule has 2 aromatic heterocycles. The molecule has 7 atom stereocenters. The molecular weight excluding hydrogens is 866 g/mol. The van der Waals surface area contributed by atoms with E-state index in [-0.39, 0.29) is 71.2 Å². The fourth-order valence-electron chi connectivity index (χ4n) is 5.24. The monoisotopic (exact) mass is 916 g/mol. The van der Waals surface area contributed by atoms with Crippen molar-refractivity contribution in [3.8, 4) is 0 Å². The Hall–Kier alpha value is -1.44. The number of thioether (sulfide) groups is 1. The topological polar surface area (TPSA) is 364 Å². The number of fused-ring (bicyclic) bond motifs is 1. The van der Waals surface area contributed by atoms with Gasteiger partial charge in [0.2, 0.25) is 11.8 Å². The zero-order valence-corrected chi connectivity index (χ0v) is 37.8. The number of aliphatic hydroxyl groups excluding tert-OH is 2. The zero-order chi connectivity index (χ0) is 42.6. The van der Waals surface area contributed by atoms with Crippen LogP contribution in [0.5, 0.6) is 0 Å². The molecule has 2 aromatic rings. The molecule has 0 saturated carbocycles. The average Bonchev–Trinajstić information content (AvgIpc) is 3.68. The van der Waals surface area contributed by atoms with Gasteiger partial charge in [-0.15, -0.1) is 0 Å². The number of rotatable bonds is 25. The van der Waals surface area contributed by atoms with E-state index in [1.165, 1.54) is 13.8 Å². The van der Waals surface area contributed by atoms with E-state index < -0.39 is 84.6 Å². The van der Waals surface area contributed by atoms with E-state index in [0.29, 0.717) is 12.2 Å². The van der Waals surface area contributed by atoms with Crippen LogP contribution in [0.15, 0.2) is 12.7 Å². The first-order valence-electron chi connectivity index (χ1n) is 17.6. The van der Waals surface area contributed by atoms with Crippen molar-refractivity contribution >= 4 is 98.7 Å². The second kappa shape index (κ2) is 23.7. The summed E-state index contributed by atoms with van der Waals surface area (Å²) < 4.78 is 62.1. The SMILES string of the molecule is CCCCCCCC(=O)SCCNC(=O)CCNC(=O)[C@H](O)C(C)(C)COP(=O)(O)OP(=O)(O)OC[C@H]1O[C@@H](n2cnc3c(N)ncnc32)[C@H](O)[C@@H]1OP(=O)(O)O.[Na]. The molecule has 2 unspecified atom stereocenters. The van der Waals surface area contributed by atoms with Crippen LogP contribution >= 0.6 is 35.2 Å². The molecule has 58 heavy (non-hydrogen) atoms. The summed E-state index contributed by atoms with van der Waals surface area (Å²) in [6.07, 6.45) is -1.22. The first-order chi connectivity index (χ1) is 26.6. The van der Waals surface area contributed by atoms with E-state index in [1.54, 1.807) is 0 Å². The molecule has 2 amide bonds. The maximum Gasteiger partial charge on any atom is 0.481 e. The molecule has 3 heterocycles. The second-order valence-electron chi connectivity index (χ2n) is 13.5. The van der Waals surface area contributed by atoms with Crippen LogP contribution in [0.4, 0.5) is 5.82 Å². The van der Waals surface area contributed by atoms with Crippen LogP contribution in [0.3, 0.4) is 0 Å². The Morgan fingerprint density at radius 2 is 1.67 bits per heavy atom. The molecule has 1 aliphatic rings. The Balaban J connectivity index is 0.0000116. The number of unbranched alkanes of at least 4 members (excludes halogenated alkanes) is 4. The number of ether oxygens (including phenoxy) is 1. The molecule has 1 saturated heterocycles. The number of carbonyl (C=O) groups is 3. The molecule has 24 nitrogen and oxygen atoms in total. The number of carbonyl (C=O) groups excluding carboxylic acids is 3. The van der Waals surface area contributed by atoms with Gasteiger partial charge in [0.05, 0.1) is 19.5 Å². The minimum Gasteiger partial charge on any atom is -0.386 e. The first-order valence-corrected chi connectivity index (χ1v) is 23.1. The van der Waals surface area contributed by atoms with Crippen molar-refractivity contribution in [2.24, 2.45) is 5.41 Å². The van der Waals surface area contributed by atoms with E-state index in [1.807, 2.05) is 0 Å². The van der Waals surface area contributed by atoms with Gasteiger partial charge in [0.25, 0.3) is 0 Å². The largest absolute Gasteiger partial charge is 0.481 e. The van der Waals surface area contributed by atoms with Crippen molar-refractivity contribution in [1.82, 2.24) is 30.2 Å². The minimum absolute atomic E-state index is 0. The van der Waals surface area contributed by atoms with Gasteiger partial charge in [0, 0.05) is 66.7 Å². The molecule has 325 valence electrons. The van der Waals surface area contributed by atoms with Crippen LogP contribution in [0.25, 0.3) is 11.2 Å². The summed E-state index contributed by atoms with van der Waals surface area (Å²) in [5.74, 6) is -1.03. The fraction of sp³-hybridized carbons (Fsp3) is 0.724. The smallest absolute Gasteiger partial charge is 0.386 e. The molecule has 0 bridgehead atoms. The molecular formula is C29H50N7NaO17P3S. The summed E-state index contributed by atoms with van der Waals surface area (Å²) in [7, 11) is -16.4. The van der Waals surface area contributed by atoms with Crippen molar-refractivity contribution in [2.75, 3.05) is 37.8 Å². The Labute approximate surface area is 359 Å². The van der Waals surface area contributed by atoms with Gasteiger partial charge in [-0.3, -0.25) is 32.5 Å². The third kappa shape index (κ3) is 17.1. The number of amides is 2.